The maximum Gasteiger partial charge on any atom is 0.355 e. The monoisotopic (exact) mass is 586 g/mol. The first-order valence-corrected chi connectivity index (χ1v) is 14.6. The number of thioether (sulfide) groups is 1. The molecule has 40 heavy (non-hydrogen) atoms. The minimum absolute atomic E-state index is 0.0711. The number of aliphatic hydroxyl groups excluding tert-OH is 1. The highest BCUT2D eigenvalue weighted by molar-refractivity contribution is 7.98. The topological polar surface area (TPSA) is 147 Å². The predicted octanol–water partition coefficient (Wildman–Crippen LogP) is 1.98. The lowest BCUT2D eigenvalue weighted by molar-refractivity contribution is -0.717. The maximum atomic E-state index is 13.5. The van der Waals surface area contributed by atoms with Crippen LogP contribution in [0.1, 0.15) is 24.3 Å². The molecule has 14 heteroatoms. The van der Waals surface area contributed by atoms with Gasteiger partial charge in [0.25, 0.3) is 17.9 Å². The molecule has 2 aromatic heterocycles. The quantitative estimate of drug-likeness (QED) is 0.0966. The third kappa shape index (κ3) is 4.55. The van der Waals surface area contributed by atoms with Gasteiger partial charge in [0, 0.05) is 30.7 Å². The van der Waals surface area contributed by atoms with Crippen LogP contribution in [0.25, 0.3) is 10.4 Å². The van der Waals surface area contributed by atoms with Crippen molar-refractivity contribution in [1.82, 2.24) is 14.6 Å². The highest BCUT2D eigenvalue weighted by Gasteiger charge is 2.60. The number of β-lactam (4-membered cyclic amide) rings is 1. The van der Waals surface area contributed by atoms with Crippen LogP contribution in [0.2, 0.25) is 0 Å². The molecule has 210 valence electrons. The van der Waals surface area contributed by atoms with Crippen LogP contribution >= 0.6 is 23.1 Å². The second-order valence-corrected chi connectivity index (χ2v) is 11.6. The van der Waals surface area contributed by atoms with E-state index in [2.05, 4.69) is 5.32 Å². The zero-order chi connectivity index (χ0) is 28.9. The summed E-state index contributed by atoms with van der Waals surface area (Å²) in [5, 5.41) is 24.7. The number of fused-ring (bicyclic) bond motifs is 2. The lowest BCUT2D eigenvalue weighted by Crippen LogP contribution is -2.63. The van der Waals surface area contributed by atoms with E-state index < -0.39 is 22.9 Å². The lowest BCUT2D eigenvalue weighted by Gasteiger charge is -2.46. The Labute approximate surface area is 237 Å². The van der Waals surface area contributed by atoms with Crippen LogP contribution in [-0.4, -0.2) is 62.6 Å². The Hall–Kier alpha value is -3.75. The summed E-state index contributed by atoms with van der Waals surface area (Å²) in [5.41, 5.74) is 1.30. The zero-order valence-electron chi connectivity index (χ0n) is 22.2. The van der Waals surface area contributed by atoms with Crippen molar-refractivity contribution in [2.24, 2.45) is 11.8 Å². The number of nitrogens with zero attached hydrogens (tertiary/aromatic N) is 4. The maximum absolute atomic E-state index is 13.5. The molecule has 2 amide bonds. The van der Waals surface area contributed by atoms with Gasteiger partial charge in [-0.3, -0.25) is 19.7 Å². The smallest absolute Gasteiger partial charge is 0.355 e. The van der Waals surface area contributed by atoms with E-state index in [-0.39, 0.29) is 48.3 Å². The van der Waals surface area contributed by atoms with Crippen molar-refractivity contribution in [1.29, 1.82) is 0 Å². The predicted molar refractivity (Wildman–Crippen MR) is 146 cm³/mol. The summed E-state index contributed by atoms with van der Waals surface area (Å²) in [7, 11) is 1.58. The van der Waals surface area contributed by atoms with Crippen molar-refractivity contribution in [3.8, 4) is 0 Å². The number of amides is 2. The van der Waals surface area contributed by atoms with E-state index in [1.807, 2.05) is 34.7 Å². The fourth-order valence-electron chi connectivity index (χ4n) is 5.42. The number of nitro benzene ring substituents is 1. The molecule has 0 saturated carbocycles. The number of carbonyl (C=O) groups is 3. The minimum Gasteiger partial charge on any atom is -0.456 e. The molecule has 1 fully saturated rings. The molecule has 3 aromatic rings. The van der Waals surface area contributed by atoms with Crippen LogP contribution in [0.3, 0.4) is 0 Å². The molecule has 0 radical (unpaired) electrons. The Kier molecular flexibility index (Phi) is 7.42. The van der Waals surface area contributed by atoms with Crippen molar-refractivity contribution in [2.75, 3.05) is 13.3 Å². The summed E-state index contributed by atoms with van der Waals surface area (Å²) in [6.07, 6.45) is 4.75. The number of esters is 1. The number of carbonyl (C=O) groups excluding carboxylic acids is 3. The number of hydrogen-bond acceptors (Lipinski definition) is 9. The molecular weight excluding hydrogens is 558 g/mol. The standard InChI is InChI=1S/C26H27N5O7S2/c1-13-19(17-9-28-12-29(10-18(33)27-3)24(39-4)25(28)40-17)22(30-21(13)20(14(2)32)23(30)34)26(35)38-11-15-5-7-16(8-6-15)31(36)37/h5-9,12-14,20-21,32H,10-11H2,1-4H3/p+1/t13-,14+,20+,21+/m0/s1. The number of imidazole rings is 1. The summed E-state index contributed by atoms with van der Waals surface area (Å²) in [6, 6.07) is 5.31. The summed E-state index contributed by atoms with van der Waals surface area (Å²) in [6.45, 7) is 3.54. The highest BCUT2D eigenvalue weighted by atomic mass is 32.2. The normalized spacial score (nSPS) is 20.9. The third-order valence-corrected chi connectivity index (χ3v) is 9.43. The van der Waals surface area contributed by atoms with E-state index in [1.54, 1.807) is 14.0 Å². The molecule has 2 aliphatic rings. The molecule has 0 bridgehead atoms. The van der Waals surface area contributed by atoms with Crippen LogP contribution in [0, 0.1) is 22.0 Å². The Balaban J connectivity index is 1.51. The van der Waals surface area contributed by atoms with E-state index >= 15 is 0 Å². The van der Waals surface area contributed by atoms with Gasteiger partial charge in [-0.1, -0.05) is 30.0 Å². The molecule has 4 atom stereocenters. The van der Waals surface area contributed by atoms with Gasteiger partial charge in [0.2, 0.25) is 15.8 Å². The van der Waals surface area contributed by atoms with Crippen LogP contribution in [0.15, 0.2) is 47.5 Å². The Morgan fingerprint density at radius 2 is 2.02 bits per heavy atom. The average Bonchev–Trinajstić information content (AvgIpc) is 3.53. The lowest BCUT2D eigenvalue weighted by atomic mass is 9.77. The van der Waals surface area contributed by atoms with Crippen LogP contribution < -0.4 is 9.88 Å². The van der Waals surface area contributed by atoms with E-state index in [4.69, 9.17) is 4.74 Å². The van der Waals surface area contributed by atoms with Crippen molar-refractivity contribution in [2.45, 2.75) is 44.2 Å². The number of non-ortho nitro benzene ring substituents is 1. The molecule has 5 rings (SSSR count). The largest absolute Gasteiger partial charge is 0.456 e. The Bertz CT molecular complexity index is 1560. The number of hydrogen-bond donors (Lipinski definition) is 2. The van der Waals surface area contributed by atoms with E-state index in [9.17, 15) is 29.6 Å². The van der Waals surface area contributed by atoms with Gasteiger partial charge in [0.1, 0.15) is 18.5 Å². The van der Waals surface area contributed by atoms with Gasteiger partial charge < -0.3 is 20.1 Å². The molecular formula is C26H28N5O7S2+. The van der Waals surface area contributed by atoms with Gasteiger partial charge in [-0.25, -0.2) is 9.36 Å². The number of aliphatic hydroxyl groups is 1. The summed E-state index contributed by atoms with van der Waals surface area (Å²) in [4.78, 5) is 52.2. The van der Waals surface area contributed by atoms with Gasteiger partial charge in [-0.05, 0) is 30.9 Å². The third-order valence-electron chi connectivity index (χ3n) is 7.34. The van der Waals surface area contributed by atoms with Crippen LogP contribution in [0.5, 0.6) is 0 Å². The molecule has 2 N–H and O–H groups in total. The number of benzene rings is 1. The van der Waals surface area contributed by atoms with Crippen molar-refractivity contribution < 1.29 is 33.7 Å². The van der Waals surface area contributed by atoms with E-state index in [0.29, 0.717) is 11.1 Å². The number of ether oxygens (including phenoxy) is 1. The van der Waals surface area contributed by atoms with Gasteiger partial charge in [-0.15, -0.1) is 0 Å². The SMILES string of the molecule is CNC(=O)C[n+]1cn2cc(C3=C(C(=O)OCc4ccc([N+](=O)[O-])cc4)N4C(=O)[C@H]([C@@H](C)O)[C@H]4[C@H]3C)sc2c1SC. The number of likely N-dealkylation sites (N-methyl/N-ethyl adjacent to an activating group) is 1. The molecule has 0 aliphatic carbocycles. The number of nitrogens with one attached hydrogen (secondary N) is 1. The minimum atomic E-state index is -0.876. The summed E-state index contributed by atoms with van der Waals surface area (Å²) in [5.74, 6) is -2.03. The highest BCUT2D eigenvalue weighted by Crippen LogP contribution is 2.52. The second-order valence-electron chi connectivity index (χ2n) is 9.75. The van der Waals surface area contributed by atoms with Gasteiger partial charge in [0.05, 0.1) is 27.9 Å². The fraction of sp³-hybridized carbons (Fsp3) is 0.385. The number of rotatable bonds is 9. The van der Waals surface area contributed by atoms with E-state index in [0.717, 1.165) is 14.7 Å². The number of aromatic nitrogens is 2. The van der Waals surface area contributed by atoms with Crippen LogP contribution in [-0.2, 0) is 32.3 Å². The molecule has 2 aliphatic heterocycles. The Morgan fingerprint density at radius 3 is 2.62 bits per heavy atom. The number of nitro groups is 1. The molecule has 0 spiro atoms. The molecule has 12 nitrogen and oxygen atoms in total. The molecule has 0 unspecified atom stereocenters. The number of thiazole rings is 1. The van der Waals surface area contributed by atoms with E-state index in [1.165, 1.54) is 52.3 Å². The first-order valence-electron chi connectivity index (χ1n) is 12.5. The first-order chi connectivity index (χ1) is 19.1. The van der Waals surface area contributed by atoms with Gasteiger partial charge >= 0.3 is 5.97 Å². The molecule has 4 heterocycles. The van der Waals surface area contributed by atoms with Crippen molar-refractivity contribution in [3.63, 3.8) is 0 Å². The zero-order valence-corrected chi connectivity index (χ0v) is 23.8. The molecule has 1 saturated heterocycles. The summed E-state index contributed by atoms with van der Waals surface area (Å²) < 4.78 is 9.36. The van der Waals surface area contributed by atoms with Crippen molar-refractivity contribution >= 4 is 57.0 Å². The molecule has 1 aromatic carbocycles. The average molecular weight is 587 g/mol. The first kappa shape index (κ1) is 27.8. The Morgan fingerprint density at radius 1 is 1.32 bits per heavy atom. The van der Waals surface area contributed by atoms with Gasteiger partial charge in [-0.2, -0.15) is 4.40 Å². The second kappa shape index (κ2) is 10.7. The van der Waals surface area contributed by atoms with Crippen molar-refractivity contribution in [3.05, 3.63) is 63.0 Å². The summed E-state index contributed by atoms with van der Waals surface area (Å²) >= 11 is 2.95. The fourth-order valence-corrected chi connectivity index (χ4v) is 7.60. The van der Waals surface area contributed by atoms with Crippen LogP contribution in [0.4, 0.5) is 5.69 Å². The van der Waals surface area contributed by atoms with Gasteiger partial charge in [0.15, 0.2) is 6.54 Å².